The average molecular weight is 253 g/mol. The molecule has 0 radical (unpaired) electrons. The molecule has 1 rings (SSSR count). The smallest absolute Gasteiger partial charge is 0.255 e. The number of nitrogens with one attached hydrogen (secondary N) is 1. The highest BCUT2D eigenvalue weighted by Crippen LogP contribution is 2.17. The number of hydrogen-bond donors (Lipinski definition) is 2. The van der Waals surface area contributed by atoms with Gasteiger partial charge in [-0.15, -0.1) is 0 Å². The number of carbonyl (C=O) groups excluding carboxylic acids is 1. The molecule has 94 valence electrons. The molecule has 0 aromatic heterocycles. The van der Waals surface area contributed by atoms with E-state index in [0.29, 0.717) is 12.1 Å². The lowest BCUT2D eigenvalue weighted by molar-refractivity contribution is 0.0951. The zero-order valence-corrected chi connectivity index (χ0v) is 11.1. The lowest BCUT2D eigenvalue weighted by atomic mass is 10.1. The fraction of sp³-hybridized carbons (Fsp3) is 0.462. The zero-order valence-electron chi connectivity index (χ0n) is 10.3. The van der Waals surface area contributed by atoms with E-state index in [1.807, 2.05) is 18.7 Å². The number of aromatic hydroxyl groups is 1. The molecule has 0 bridgehead atoms. The Kier molecular flexibility index (Phi) is 5.91. The first-order chi connectivity index (χ1) is 8.15. The molecule has 0 spiro atoms. The van der Waals surface area contributed by atoms with Crippen LogP contribution in [0.1, 0.15) is 29.3 Å². The predicted octanol–water partition coefficient (Wildman–Crippen LogP) is 2.57. The van der Waals surface area contributed by atoms with Crippen LogP contribution in [-0.4, -0.2) is 29.1 Å². The summed E-state index contributed by atoms with van der Waals surface area (Å²) in [5.41, 5.74) is 1.32. The average Bonchev–Trinajstić information content (AvgIpc) is 2.32. The second-order valence-corrected chi connectivity index (χ2v) is 5.22. The molecule has 0 aliphatic rings. The number of hydrogen-bond acceptors (Lipinski definition) is 3. The van der Waals surface area contributed by atoms with Gasteiger partial charge in [0.25, 0.3) is 5.91 Å². The molecule has 0 unspecified atom stereocenters. The Balaban J connectivity index is 2.44. The van der Waals surface area contributed by atoms with Gasteiger partial charge in [0.05, 0.1) is 5.56 Å². The van der Waals surface area contributed by atoms with Crippen LogP contribution in [0.2, 0.25) is 0 Å². The fourth-order valence-corrected chi connectivity index (χ4v) is 2.08. The van der Waals surface area contributed by atoms with E-state index in [2.05, 4.69) is 12.2 Å². The summed E-state index contributed by atoms with van der Waals surface area (Å²) in [6.45, 7) is 4.67. The van der Waals surface area contributed by atoms with Crippen molar-refractivity contribution in [1.82, 2.24) is 5.32 Å². The second-order valence-electron chi connectivity index (χ2n) is 3.83. The maximum atomic E-state index is 11.8. The van der Waals surface area contributed by atoms with Gasteiger partial charge in [0.15, 0.2) is 0 Å². The van der Waals surface area contributed by atoms with Crippen LogP contribution in [-0.2, 0) is 0 Å². The SMILES string of the molecule is CCSCCCNC(=O)c1cc(C)ccc1O. The van der Waals surface area contributed by atoms with Gasteiger partial charge in [0.1, 0.15) is 5.75 Å². The molecule has 0 aliphatic heterocycles. The molecule has 0 aliphatic carbocycles. The van der Waals surface area contributed by atoms with E-state index < -0.39 is 0 Å². The van der Waals surface area contributed by atoms with E-state index in [-0.39, 0.29) is 11.7 Å². The Hall–Kier alpha value is -1.16. The summed E-state index contributed by atoms with van der Waals surface area (Å²) in [5.74, 6) is 1.99. The summed E-state index contributed by atoms with van der Waals surface area (Å²) >= 11 is 1.86. The molecular weight excluding hydrogens is 234 g/mol. The number of carbonyl (C=O) groups is 1. The standard InChI is InChI=1S/C13H19NO2S/c1-3-17-8-4-7-14-13(16)11-9-10(2)5-6-12(11)15/h5-6,9,15H,3-4,7-8H2,1-2H3,(H,14,16). The topological polar surface area (TPSA) is 49.3 Å². The number of aryl methyl sites for hydroxylation is 1. The van der Waals surface area contributed by atoms with Gasteiger partial charge in [-0.1, -0.05) is 18.6 Å². The molecule has 0 atom stereocenters. The van der Waals surface area contributed by atoms with Crippen molar-refractivity contribution < 1.29 is 9.90 Å². The van der Waals surface area contributed by atoms with Gasteiger partial charge in [0.2, 0.25) is 0 Å². The largest absolute Gasteiger partial charge is 0.507 e. The molecular formula is C13H19NO2S. The molecule has 1 amide bonds. The molecule has 0 heterocycles. The van der Waals surface area contributed by atoms with Crippen LogP contribution in [0.3, 0.4) is 0 Å². The minimum absolute atomic E-state index is 0.0380. The Morgan fingerprint density at radius 3 is 2.94 bits per heavy atom. The van der Waals surface area contributed by atoms with Crippen LogP contribution in [0.25, 0.3) is 0 Å². The van der Waals surface area contributed by atoms with Crippen molar-refractivity contribution in [2.45, 2.75) is 20.3 Å². The Labute approximate surface area is 107 Å². The maximum absolute atomic E-state index is 11.8. The first kappa shape index (κ1) is 13.9. The summed E-state index contributed by atoms with van der Waals surface area (Å²) < 4.78 is 0. The predicted molar refractivity (Wildman–Crippen MR) is 72.8 cm³/mol. The highest BCUT2D eigenvalue weighted by atomic mass is 32.2. The number of phenols is 1. The lowest BCUT2D eigenvalue weighted by Gasteiger charge is -2.07. The maximum Gasteiger partial charge on any atom is 0.255 e. The summed E-state index contributed by atoms with van der Waals surface area (Å²) in [7, 11) is 0. The summed E-state index contributed by atoms with van der Waals surface area (Å²) in [6.07, 6.45) is 0.955. The minimum atomic E-state index is -0.201. The van der Waals surface area contributed by atoms with Crippen LogP contribution in [0.4, 0.5) is 0 Å². The fourth-order valence-electron chi connectivity index (χ4n) is 1.45. The van der Waals surface area contributed by atoms with E-state index in [4.69, 9.17) is 0 Å². The summed E-state index contributed by atoms with van der Waals surface area (Å²) in [5, 5.41) is 12.4. The van der Waals surface area contributed by atoms with E-state index >= 15 is 0 Å². The third-order valence-corrected chi connectivity index (χ3v) is 3.34. The highest BCUT2D eigenvalue weighted by Gasteiger charge is 2.10. The number of rotatable bonds is 6. The summed E-state index contributed by atoms with van der Waals surface area (Å²) in [4.78, 5) is 11.8. The van der Waals surface area contributed by atoms with Crippen LogP contribution in [0.15, 0.2) is 18.2 Å². The van der Waals surface area contributed by atoms with Crippen LogP contribution in [0.5, 0.6) is 5.75 Å². The number of thioether (sulfide) groups is 1. The van der Waals surface area contributed by atoms with Crippen molar-refractivity contribution >= 4 is 17.7 Å². The van der Waals surface area contributed by atoms with E-state index in [9.17, 15) is 9.90 Å². The van der Waals surface area contributed by atoms with Gasteiger partial charge in [-0.05, 0) is 37.0 Å². The third-order valence-electron chi connectivity index (χ3n) is 2.35. The molecule has 0 saturated carbocycles. The van der Waals surface area contributed by atoms with Gasteiger partial charge in [-0.25, -0.2) is 0 Å². The summed E-state index contributed by atoms with van der Waals surface area (Å²) in [6, 6.07) is 5.03. The van der Waals surface area contributed by atoms with Crippen LogP contribution < -0.4 is 5.32 Å². The molecule has 17 heavy (non-hydrogen) atoms. The van der Waals surface area contributed by atoms with E-state index in [1.54, 1.807) is 18.2 Å². The molecule has 4 heteroatoms. The number of amides is 1. The van der Waals surface area contributed by atoms with Gasteiger partial charge in [-0.2, -0.15) is 11.8 Å². The normalized spacial score (nSPS) is 10.2. The Morgan fingerprint density at radius 2 is 2.24 bits per heavy atom. The van der Waals surface area contributed by atoms with Crippen molar-refractivity contribution in [2.75, 3.05) is 18.1 Å². The lowest BCUT2D eigenvalue weighted by Crippen LogP contribution is -2.25. The highest BCUT2D eigenvalue weighted by molar-refractivity contribution is 7.99. The quantitative estimate of drug-likeness (QED) is 0.766. The van der Waals surface area contributed by atoms with E-state index in [1.165, 1.54) is 0 Å². The molecule has 3 nitrogen and oxygen atoms in total. The van der Waals surface area contributed by atoms with Gasteiger partial charge < -0.3 is 10.4 Å². The van der Waals surface area contributed by atoms with Gasteiger partial charge in [0, 0.05) is 6.54 Å². The molecule has 2 N–H and O–H groups in total. The Morgan fingerprint density at radius 1 is 1.47 bits per heavy atom. The van der Waals surface area contributed by atoms with Crippen LogP contribution in [0, 0.1) is 6.92 Å². The van der Waals surface area contributed by atoms with Crippen molar-refractivity contribution in [3.63, 3.8) is 0 Å². The van der Waals surface area contributed by atoms with Gasteiger partial charge >= 0.3 is 0 Å². The first-order valence-electron chi connectivity index (χ1n) is 5.80. The third kappa shape index (κ3) is 4.69. The Bertz CT molecular complexity index is 380. The van der Waals surface area contributed by atoms with Gasteiger partial charge in [-0.3, -0.25) is 4.79 Å². The van der Waals surface area contributed by atoms with Crippen molar-refractivity contribution in [1.29, 1.82) is 0 Å². The zero-order chi connectivity index (χ0) is 12.7. The van der Waals surface area contributed by atoms with E-state index in [0.717, 1.165) is 23.5 Å². The molecule has 1 aromatic rings. The van der Waals surface area contributed by atoms with Crippen molar-refractivity contribution in [3.8, 4) is 5.75 Å². The second kappa shape index (κ2) is 7.22. The molecule has 0 saturated heterocycles. The minimum Gasteiger partial charge on any atom is -0.507 e. The monoisotopic (exact) mass is 253 g/mol. The van der Waals surface area contributed by atoms with Crippen molar-refractivity contribution in [2.24, 2.45) is 0 Å². The molecule has 0 fully saturated rings. The van der Waals surface area contributed by atoms with Crippen molar-refractivity contribution in [3.05, 3.63) is 29.3 Å². The first-order valence-corrected chi connectivity index (χ1v) is 6.96. The molecule has 1 aromatic carbocycles. The van der Waals surface area contributed by atoms with Crippen LogP contribution >= 0.6 is 11.8 Å². The number of phenolic OH excluding ortho intramolecular Hbond substituents is 1. The number of benzene rings is 1.